The molecule has 1 aliphatic carbocycles. The van der Waals surface area contributed by atoms with Crippen molar-refractivity contribution in [3.8, 4) is 0 Å². The largest absolute Gasteiger partial charge is 0.395 e. The molecule has 0 amide bonds. The van der Waals surface area contributed by atoms with Crippen LogP contribution >= 0.6 is 15.9 Å². The highest BCUT2D eigenvalue weighted by molar-refractivity contribution is 9.10. The Kier molecular flexibility index (Phi) is 5.69. The van der Waals surface area contributed by atoms with Gasteiger partial charge in [0.05, 0.1) is 6.61 Å². The van der Waals surface area contributed by atoms with Gasteiger partial charge < -0.3 is 15.3 Å². The van der Waals surface area contributed by atoms with Gasteiger partial charge in [0.15, 0.2) is 0 Å². The average Bonchev–Trinajstić information content (AvgIpc) is 2.33. The summed E-state index contributed by atoms with van der Waals surface area (Å²) in [6.07, 6.45) is 3.78. The second-order valence-corrected chi connectivity index (χ2v) is 7.79. The number of halogens is 1. The lowest BCUT2D eigenvalue weighted by atomic mass is 9.90. The highest BCUT2D eigenvalue weighted by Crippen LogP contribution is 2.33. The van der Waals surface area contributed by atoms with Crippen molar-refractivity contribution in [1.82, 2.24) is 5.32 Å². The first-order chi connectivity index (χ1) is 9.90. The molecule has 2 N–H and O–H groups in total. The van der Waals surface area contributed by atoms with E-state index in [1.807, 2.05) is 0 Å². The van der Waals surface area contributed by atoms with E-state index in [-0.39, 0.29) is 12.1 Å². The molecule has 0 aliphatic heterocycles. The minimum absolute atomic E-state index is 0.0951. The molecule has 1 saturated carbocycles. The summed E-state index contributed by atoms with van der Waals surface area (Å²) in [6, 6.07) is 7.06. The van der Waals surface area contributed by atoms with Crippen LogP contribution in [0.1, 0.15) is 45.6 Å². The molecule has 0 saturated heterocycles. The van der Waals surface area contributed by atoms with Crippen LogP contribution in [0.25, 0.3) is 0 Å². The van der Waals surface area contributed by atoms with Crippen LogP contribution in [0.3, 0.4) is 0 Å². The first-order valence-electron chi connectivity index (χ1n) is 7.81. The lowest BCUT2D eigenvalue weighted by molar-refractivity contribution is 0.283. The van der Waals surface area contributed by atoms with E-state index in [0.29, 0.717) is 6.04 Å². The molecule has 0 radical (unpaired) electrons. The molecular weight excluding hydrogens is 328 g/mol. The lowest BCUT2D eigenvalue weighted by Crippen LogP contribution is -2.43. The van der Waals surface area contributed by atoms with E-state index < -0.39 is 0 Å². The molecule has 0 spiro atoms. The van der Waals surface area contributed by atoms with Crippen molar-refractivity contribution in [1.29, 1.82) is 0 Å². The third-order valence-electron chi connectivity index (χ3n) is 4.02. The molecule has 1 aromatic rings. The van der Waals surface area contributed by atoms with Crippen molar-refractivity contribution in [2.24, 2.45) is 0 Å². The van der Waals surface area contributed by atoms with Crippen LogP contribution in [0.4, 0.5) is 5.69 Å². The molecule has 21 heavy (non-hydrogen) atoms. The fraction of sp³-hybridized carbons (Fsp3) is 0.647. The van der Waals surface area contributed by atoms with Crippen LogP contribution in [-0.4, -0.2) is 29.8 Å². The number of aliphatic hydroxyl groups is 1. The number of anilines is 1. The van der Waals surface area contributed by atoms with Gasteiger partial charge in [0.2, 0.25) is 0 Å². The van der Waals surface area contributed by atoms with Crippen molar-refractivity contribution in [3.05, 3.63) is 28.2 Å². The third kappa shape index (κ3) is 4.70. The van der Waals surface area contributed by atoms with Gasteiger partial charge in [-0.05, 0) is 63.8 Å². The van der Waals surface area contributed by atoms with Crippen LogP contribution in [0.2, 0.25) is 0 Å². The van der Waals surface area contributed by atoms with Crippen molar-refractivity contribution in [3.63, 3.8) is 0 Å². The van der Waals surface area contributed by atoms with E-state index in [1.54, 1.807) is 0 Å². The van der Waals surface area contributed by atoms with Gasteiger partial charge >= 0.3 is 0 Å². The number of aliphatic hydroxyl groups excluding tert-OH is 1. The SMILES string of the molecule is CC(C)(C)NCc1cc(Br)ccc1N(CCO)C1CCC1. The van der Waals surface area contributed by atoms with Crippen molar-refractivity contribution < 1.29 is 5.11 Å². The quantitative estimate of drug-likeness (QED) is 0.817. The van der Waals surface area contributed by atoms with Crippen LogP contribution in [0, 0.1) is 0 Å². The van der Waals surface area contributed by atoms with E-state index >= 15 is 0 Å². The van der Waals surface area contributed by atoms with E-state index in [9.17, 15) is 5.11 Å². The third-order valence-corrected chi connectivity index (χ3v) is 4.51. The standard InChI is InChI=1S/C17H27BrN2O/c1-17(2,3)19-12-13-11-14(18)7-8-16(13)20(9-10-21)15-5-4-6-15/h7-8,11,15,19,21H,4-6,9-10,12H2,1-3H3. The highest BCUT2D eigenvalue weighted by Gasteiger charge is 2.26. The predicted molar refractivity (Wildman–Crippen MR) is 92.8 cm³/mol. The Morgan fingerprint density at radius 2 is 2.05 bits per heavy atom. The average molecular weight is 355 g/mol. The Hall–Kier alpha value is -0.580. The molecule has 3 nitrogen and oxygen atoms in total. The molecule has 0 aromatic heterocycles. The van der Waals surface area contributed by atoms with Crippen LogP contribution in [-0.2, 0) is 6.54 Å². The molecule has 4 heteroatoms. The van der Waals surface area contributed by atoms with E-state index in [0.717, 1.165) is 17.6 Å². The number of nitrogens with one attached hydrogen (secondary N) is 1. The maximum absolute atomic E-state index is 9.40. The smallest absolute Gasteiger partial charge is 0.0606 e. The summed E-state index contributed by atoms with van der Waals surface area (Å²) < 4.78 is 1.11. The Balaban J connectivity index is 2.23. The summed E-state index contributed by atoms with van der Waals surface area (Å²) in [4.78, 5) is 2.38. The number of benzene rings is 1. The zero-order valence-electron chi connectivity index (χ0n) is 13.3. The van der Waals surface area contributed by atoms with E-state index in [2.05, 4.69) is 65.1 Å². The van der Waals surface area contributed by atoms with Gasteiger partial charge in [-0.3, -0.25) is 0 Å². The molecule has 1 aromatic carbocycles. The normalized spacial score (nSPS) is 15.9. The summed E-state index contributed by atoms with van der Waals surface area (Å²) in [7, 11) is 0. The second kappa shape index (κ2) is 7.12. The number of hydrogen-bond donors (Lipinski definition) is 2. The second-order valence-electron chi connectivity index (χ2n) is 6.88. The zero-order valence-corrected chi connectivity index (χ0v) is 14.9. The van der Waals surface area contributed by atoms with Crippen molar-refractivity contribution >= 4 is 21.6 Å². The van der Waals surface area contributed by atoms with Gasteiger partial charge in [-0.15, -0.1) is 0 Å². The van der Waals surface area contributed by atoms with Gasteiger partial charge in [0, 0.05) is 34.8 Å². The maximum atomic E-state index is 9.40. The Bertz CT molecular complexity index is 466. The molecule has 2 rings (SSSR count). The summed E-state index contributed by atoms with van der Waals surface area (Å²) in [6.45, 7) is 8.31. The van der Waals surface area contributed by atoms with E-state index in [1.165, 1.54) is 30.5 Å². The van der Waals surface area contributed by atoms with Crippen LogP contribution in [0.5, 0.6) is 0 Å². The fourth-order valence-electron chi connectivity index (χ4n) is 2.64. The lowest BCUT2D eigenvalue weighted by Gasteiger charge is -2.40. The summed E-state index contributed by atoms with van der Waals surface area (Å²) >= 11 is 3.58. The Labute approximate surface area is 136 Å². The van der Waals surface area contributed by atoms with Gasteiger partial charge in [0.1, 0.15) is 0 Å². The van der Waals surface area contributed by atoms with Gasteiger partial charge in [-0.2, -0.15) is 0 Å². The molecule has 0 heterocycles. The molecular formula is C17H27BrN2O. The summed E-state index contributed by atoms with van der Waals surface area (Å²) in [5.74, 6) is 0. The van der Waals surface area contributed by atoms with Gasteiger partial charge in [-0.25, -0.2) is 0 Å². The molecule has 0 unspecified atom stereocenters. The minimum Gasteiger partial charge on any atom is -0.395 e. The predicted octanol–water partition coefficient (Wildman–Crippen LogP) is 3.69. The van der Waals surface area contributed by atoms with Gasteiger partial charge in [-0.1, -0.05) is 15.9 Å². The first kappa shape index (κ1) is 16.8. The maximum Gasteiger partial charge on any atom is 0.0606 e. The van der Waals surface area contributed by atoms with Crippen LogP contribution in [0.15, 0.2) is 22.7 Å². The van der Waals surface area contributed by atoms with Gasteiger partial charge in [0.25, 0.3) is 0 Å². The van der Waals surface area contributed by atoms with Crippen molar-refractivity contribution in [2.45, 2.75) is 58.2 Å². The van der Waals surface area contributed by atoms with Crippen molar-refractivity contribution in [2.75, 3.05) is 18.1 Å². The summed E-state index contributed by atoms with van der Waals surface area (Å²) in [5, 5.41) is 13.0. The number of rotatable bonds is 6. The molecule has 118 valence electrons. The zero-order chi connectivity index (χ0) is 15.5. The first-order valence-corrected chi connectivity index (χ1v) is 8.61. The molecule has 0 bridgehead atoms. The summed E-state index contributed by atoms with van der Waals surface area (Å²) in [5.41, 5.74) is 2.64. The minimum atomic E-state index is 0.0951. The number of hydrogen-bond acceptors (Lipinski definition) is 3. The number of nitrogens with zero attached hydrogens (tertiary/aromatic N) is 1. The molecule has 0 atom stereocenters. The Morgan fingerprint density at radius 1 is 1.33 bits per heavy atom. The Morgan fingerprint density at radius 3 is 2.57 bits per heavy atom. The topological polar surface area (TPSA) is 35.5 Å². The molecule has 1 fully saturated rings. The fourth-order valence-corrected chi connectivity index (χ4v) is 3.05. The molecule has 1 aliphatic rings. The van der Waals surface area contributed by atoms with E-state index in [4.69, 9.17) is 0 Å². The monoisotopic (exact) mass is 354 g/mol. The highest BCUT2D eigenvalue weighted by atomic mass is 79.9. The van der Waals surface area contributed by atoms with Crippen LogP contribution < -0.4 is 10.2 Å².